The summed E-state index contributed by atoms with van der Waals surface area (Å²) in [5, 5.41) is 10.2. The number of carbonyl (C=O) groups excluding carboxylic acids is 3. The molecule has 0 aromatic carbocycles. The third-order valence-electron chi connectivity index (χ3n) is 7.96. The third-order valence-corrected chi connectivity index (χ3v) is 10.2. The number of hydrogen-bond acceptors (Lipinski definition) is 11. The average Bonchev–Trinajstić information content (AvgIpc) is 3.53. The predicted molar refractivity (Wildman–Crippen MR) is 147 cm³/mol. The molecule has 0 spiro atoms. The van der Waals surface area contributed by atoms with E-state index in [-0.39, 0.29) is 22.7 Å². The SMILES string of the molecule is CC(C)C(OC(=O)OC1CCCCC1)OC(=O)C1=C(c2cn3cnc(S(C)(=O)=O)c3s2)[C@H](C)[C@@H]2[C@@H]([C@@H](C)O)C(=O)N12. The average molecular weight is 610 g/mol. The molecule has 4 heterocycles. The zero-order valence-electron chi connectivity index (χ0n) is 23.6. The molecule has 1 saturated carbocycles. The van der Waals surface area contributed by atoms with Gasteiger partial charge in [0.25, 0.3) is 6.29 Å². The van der Waals surface area contributed by atoms with Crippen LogP contribution in [0, 0.1) is 17.8 Å². The van der Waals surface area contributed by atoms with Crippen molar-refractivity contribution in [2.45, 2.75) is 89.4 Å². The second-order valence-corrected chi connectivity index (χ2v) is 14.4. The van der Waals surface area contributed by atoms with Gasteiger partial charge in [-0.2, -0.15) is 0 Å². The molecule has 2 aromatic rings. The molecule has 224 valence electrons. The number of fused-ring (bicyclic) bond motifs is 2. The molecular weight excluding hydrogens is 574 g/mol. The normalized spacial score (nSPS) is 24.8. The summed E-state index contributed by atoms with van der Waals surface area (Å²) < 4.78 is 42.6. The van der Waals surface area contributed by atoms with Crippen molar-refractivity contribution in [1.29, 1.82) is 0 Å². The Balaban J connectivity index is 1.47. The lowest BCUT2D eigenvalue weighted by atomic mass is 9.77. The van der Waals surface area contributed by atoms with Crippen molar-refractivity contribution in [3.05, 3.63) is 23.1 Å². The number of aromatic nitrogens is 2. The maximum Gasteiger partial charge on any atom is 0.511 e. The fourth-order valence-corrected chi connectivity index (χ4v) is 8.29. The van der Waals surface area contributed by atoms with Crippen LogP contribution in [0.2, 0.25) is 0 Å². The largest absolute Gasteiger partial charge is 0.511 e. The van der Waals surface area contributed by atoms with Gasteiger partial charge in [0, 0.05) is 29.9 Å². The Morgan fingerprint density at radius 2 is 1.83 bits per heavy atom. The zero-order chi connectivity index (χ0) is 29.8. The van der Waals surface area contributed by atoms with E-state index < -0.39 is 58.1 Å². The lowest BCUT2D eigenvalue weighted by Crippen LogP contribution is -2.63. The number of carbonyl (C=O) groups is 3. The van der Waals surface area contributed by atoms with E-state index in [2.05, 4.69) is 4.98 Å². The molecule has 5 atom stereocenters. The summed E-state index contributed by atoms with van der Waals surface area (Å²) in [6.45, 7) is 6.82. The summed E-state index contributed by atoms with van der Waals surface area (Å²) in [4.78, 5) is 45.8. The van der Waals surface area contributed by atoms with Crippen molar-refractivity contribution < 1.29 is 42.1 Å². The number of β-lactam (4-membered cyclic amide) rings is 1. The van der Waals surface area contributed by atoms with E-state index in [1.54, 1.807) is 24.4 Å². The smallest absolute Gasteiger partial charge is 0.431 e. The number of rotatable bonds is 8. The van der Waals surface area contributed by atoms with Crippen LogP contribution in [-0.2, 0) is 33.6 Å². The fraction of sp³-hybridized carbons (Fsp3) is 0.630. The molecule has 2 aliphatic heterocycles. The molecule has 0 radical (unpaired) electrons. The number of aliphatic hydroxyl groups excluding tert-OH is 1. The van der Waals surface area contributed by atoms with Gasteiger partial charge in [-0.3, -0.25) is 9.20 Å². The molecule has 2 aromatic heterocycles. The first-order valence-corrected chi connectivity index (χ1v) is 16.5. The summed E-state index contributed by atoms with van der Waals surface area (Å²) in [7, 11) is -3.61. The van der Waals surface area contributed by atoms with Gasteiger partial charge < -0.3 is 24.2 Å². The van der Waals surface area contributed by atoms with Gasteiger partial charge >= 0.3 is 12.1 Å². The van der Waals surface area contributed by atoms with Crippen molar-refractivity contribution in [2.24, 2.45) is 17.8 Å². The Bertz CT molecular complexity index is 1500. The topological polar surface area (TPSA) is 154 Å². The summed E-state index contributed by atoms with van der Waals surface area (Å²) in [5.41, 5.74) is 0.467. The minimum Gasteiger partial charge on any atom is -0.431 e. The summed E-state index contributed by atoms with van der Waals surface area (Å²) in [6, 6.07) is -0.497. The van der Waals surface area contributed by atoms with Gasteiger partial charge in [-0.15, -0.1) is 11.3 Å². The highest BCUT2D eigenvalue weighted by Crippen LogP contribution is 2.52. The van der Waals surface area contributed by atoms with Gasteiger partial charge in [0.15, 0.2) is 14.9 Å². The van der Waals surface area contributed by atoms with Crippen LogP contribution in [0.4, 0.5) is 4.79 Å². The highest BCUT2D eigenvalue weighted by atomic mass is 32.2. The highest BCUT2D eigenvalue weighted by Gasteiger charge is 2.60. The van der Waals surface area contributed by atoms with Gasteiger partial charge in [0.1, 0.15) is 23.0 Å². The zero-order valence-corrected chi connectivity index (χ0v) is 25.2. The molecule has 1 aliphatic carbocycles. The van der Waals surface area contributed by atoms with E-state index in [0.717, 1.165) is 49.7 Å². The first-order chi connectivity index (χ1) is 19.3. The number of thiazole rings is 1. The molecule has 14 heteroatoms. The highest BCUT2D eigenvalue weighted by molar-refractivity contribution is 7.91. The van der Waals surface area contributed by atoms with E-state index in [4.69, 9.17) is 14.2 Å². The van der Waals surface area contributed by atoms with Gasteiger partial charge in [0.05, 0.1) is 22.9 Å². The van der Waals surface area contributed by atoms with E-state index in [1.165, 1.54) is 18.2 Å². The van der Waals surface area contributed by atoms with Gasteiger partial charge in [-0.05, 0) is 32.6 Å². The maximum atomic E-state index is 13.8. The number of amides is 1. The van der Waals surface area contributed by atoms with Crippen molar-refractivity contribution in [3.8, 4) is 0 Å². The minimum atomic E-state index is -3.61. The van der Waals surface area contributed by atoms with Gasteiger partial charge in [0.2, 0.25) is 5.91 Å². The number of ether oxygens (including phenoxy) is 3. The maximum absolute atomic E-state index is 13.8. The number of sulfone groups is 1. The van der Waals surface area contributed by atoms with Crippen molar-refractivity contribution in [3.63, 3.8) is 0 Å². The van der Waals surface area contributed by atoms with Crippen LogP contribution in [0.15, 0.2) is 23.2 Å². The molecule has 41 heavy (non-hydrogen) atoms. The van der Waals surface area contributed by atoms with Crippen molar-refractivity contribution in [1.82, 2.24) is 14.3 Å². The molecule has 1 saturated heterocycles. The molecule has 12 nitrogen and oxygen atoms in total. The Morgan fingerprint density at radius 1 is 1.15 bits per heavy atom. The quantitative estimate of drug-likeness (QED) is 0.268. The molecule has 1 N–H and O–H groups in total. The Kier molecular flexibility index (Phi) is 7.94. The Morgan fingerprint density at radius 3 is 2.44 bits per heavy atom. The first-order valence-electron chi connectivity index (χ1n) is 13.8. The van der Waals surface area contributed by atoms with Crippen LogP contribution in [0.25, 0.3) is 10.4 Å². The summed E-state index contributed by atoms with van der Waals surface area (Å²) in [6.07, 6.45) is 5.27. The third kappa shape index (κ3) is 5.37. The van der Waals surface area contributed by atoms with Crippen LogP contribution in [0.3, 0.4) is 0 Å². The molecule has 2 fully saturated rings. The number of imidazole rings is 1. The van der Waals surface area contributed by atoms with Gasteiger partial charge in [-0.25, -0.2) is 23.0 Å². The second kappa shape index (κ2) is 11.0. The second-order valence-electron chi connectivity index (χ2n) is 11.4. The lowest BCUT2D eigenvalue weighted by Gasteiger charge is -2.46. The van der Waals surface area contributed by atoms with Crippen LogP contribution in [0.5, 0.6) is 0 Å². The molecule has 1 unspecified atom stereocenters. The van der Waals surface area contributed by atoms with Crippen molar-refractivity contribution in [2.75, 3.05) is 6.26 Å². The van der Waals surface area contributed by atoms with E-state index >= 15 is 0 Å². The van der Waals surface area contributed by atoms with Crippen LogP contribution in [-0.4, -0.2) is 76.6 Å². The Labute approximate surface area is 242 Å². The number of hydrogen-bond donors (Lipinski definition) is 1. The lowest BCUT2D eigenvalue weighted by molar-refractivity contribution is -0.182. The standard InChI is InChI=1S/C27H35N3O9S2/c1-13(2)26(39-27(34)37-16-9-7-6-8-10-16)38-25(33)21-18(14(3)20-19(15(4)31)23(32)30(20)21)17-11-29-12-28-22(24(29)40-17)41(5,35)36/h11-16,19-20,26,31H,6-10H2,1-5H3/t14-,15+,19+,20+,26?/m0/s1. The van der Waals surface area contributed by atoms with Crippen LogP contribution in [0.1, 0.15) is 64.7 Å². The number of aliphatic hydroxyl groups is 1. The summed E-state index contributed by atoms with van der Waals surface area (Å²) >= 11 is 1.13. The van der Waals surface area contributed by atoms with Crippen LogP contribution >= 0.6 is 11.3 Å². The summed E-state index contributed by atoms with van der Waals surface area (Å²) in [5.74, 6) is -2.80. The molecule has 0 bridgehead atoms. The molecular formula is C27H35N3O9S2. The Hall–Kier alpha value is -2.97. The minimum absolute atomic E-state index is 0.0161. The fourth-order valence-electron chi connectivity index (χ4n) is 5.94. The molecule has 5 rings (SSSR count). The van der Waals surface area contributed by atoms with E-state index in [9.17, 15) is 27.9 Å². The first kappa shape index (κ1) is 29.5. The van der Waals surface area contributed by atoms with Crippen LogP contribution < -0.4 is 0 Å². The van der Waals surface area contributed by atoms with Gasteiger partial charge in [-0.1, -0.05) is 27.2 Å². The monoisotopic (exact) mass is 609 g/mol. The van der Waals surface area contributed by atoms with E-state index in [0.29, 0.717) is 15.3 Å². The molecule has 3 aliphatic rings. The van der Waals surface area contributed by atoms with E-state index in [1.807, 2.05) is 6.92 Å². The van der Waals surface area contributed by atoms with Crippen molar-refractivity contribution >= 4 is 49.6 Å². The predicted octanol–water partition coefficient (Wildman–Crippen LogP) is 3.38. The number of esters is 1. The molecule has 1 amide bonds. The number of nitrogens with zero attached hydrogens (tertiary/aromatic N) is 3.